The summed E-state index contributed by atoms with van der Waals surface area (Å²) in [6.07, 6.45) is 2.84. The molecule has 0 aromatic carbocycles. The molecule has 0 amide bonds. The van der Waals surface area contributed by atoms with Crippen molar-refractivity contribution in [2.45, 2.75) is 32.7 Å². The van der Waals surface area contributed by atoms with Gasteiger partial charge in [-0.2, -0.15) is 0 Å². The number of nitrogens with one attached hydrogen (secondary N) is 2. The smallest absolute Gasteiger partial charge is 0.191 e. The molecule has 2 heterocycles. The number of aryl methyl sites for hydroxylation is 1. The standard InChI is InChI=1S/C16H27N3O2S.HI/c1-3-13-4-5-14(22-13)10-18-15(17-2)19-11-16(6-8-20)7-9-21-12-16;/h4-5,20H,3,6-12H2,1-2H3,(H2,17,18,19);1H. The van der Waals surface area contributed by atoms with Crippen LogP contribution in [-0.4, -0.2) is 44.5 Å². The minimum Gasteiger partial charge on any atom is -0.396 e. The fourth-order valence-electron chi connectivity index (χ4n) is 2.68. The number of thiophene rings is 1. The molecule has 1 aliphatic heterocycles. The maximum Gasteiger partial charge on any atom is 0.191 e. The molecule has 0 aliphatic carbocycles. The third-order valence-electron chi connectivity index (χ3n) is 4.18. The number of aliphatic hydroxyl groups is 1. The molecule has 23 heavy (non-hydrogen) atoms. The normalized spacial score (nSPS) is 21.1. The highest BCUT2D eigenvalue weighted by atomic mass is 127. The summed E-state index contributed by atoms with van der Waals surface area (Å²) in [4.78, 5) is 7.00. The highest BCUT2D eigenvalue weighted by Gasteiger charge is 2.34. The number of ether oxygens (including phenoxy) is 1. The van der Waals surface area contributed by atoms with E-state index in [1.165, 1.54) is 9.75 Å². The first-order chi connectivity index (χ1) is 10.7. The van der Waals surface area contributed by atoms with E-state index in [1.54, 1.807) is 7.05 Å². The number of guanidine groups is 1. The van der Waals surface area contributed by atoms with Gasteiger partial charge < -0.3 is 20.5 Å². The van der Waals surface area contributed by atoms with E-state index in [4.69, 9.17) is 4.74 Å². The highest BCUT2D eigenvalue weighted by Crippen LogP contribution is 2.31. The number of rotatable bonds is 7. The fourth-order valence-corrected chi connectivity index (χ4v) is 3.58. The van der Waals surface area contributed by atoms with Gasteiger partial charge in [-0.1, -0.05) is 6.92 Å². The third kappa shape index (κ3) is 6.21. The quantitative estimate of drug-likeness (QED) is 0.337. The van der Waals surface area contributed by atoms with Crippen LogP contribution in [-0.2, 0) is 17.7 Å². The Morgan fingerprint density at radius 2 is 2.17 bits per heavy atom. The van der Waals surface area contributed by atoms with Gasteiger partial charge in [-0.3, -0.25) is 4.99 Å². The van der Waals surface area contributed by atoms with E-state index >= 15 is 0 Å². The average Bonchev–Trinajstić information content (AvgIpc) is 3.17. The van der Waals surface area contributed by atoms with Crippen LogP contribution in [0.1, 0.15) is 29.5 Å². The van der Waals surface area contributed by atoms with Crippen LogP contribution in [0, 0.1) is 5.41 Å². The molecule has 0 bridgehead atoms. The van der Waals surface area contributed by atoms with Crippen LogP contribution in [0.4, 0.5) is 0 Å². The lowest BCUT2D eigenvalue weighted by molar-refractivity contribution is 0.127. The molecule has 0 spiro atoms. The second-order valence-corrected chi connectivity index (χ2v) is 7.03. The van der Waals surface area contributed by atoms with Gasteiger partial charge in [0, 0.05) is 42.0 Å². The minimum atomic E-state index is 0. The Bertz CT molecular complexity index is 487. The topological polar surface area (TPSA) is 65.9 Å². The number of aliphatic imine (C=N–C) groups is 1. The molecule has 1 aromatic heterocycles. The number of hydrogen-bond donors (Lipinski definition) is 3. The molecule has 0 saturated carbocycles. The third-order valence-corrected chi connectivity index (χ3v) is 5.41. The predicted octanol–water partition coefficient (Wildman–Crippen LogP) is 2.38. The van der Waals surface area contributed by atoms with Gasteiger partial charge in [0.1, 0.15) is 0 Å². The summed E-state index contributed by atoms with van der Waals surface area (Å²) in [5, 5.41) is 16.0. The van der Waals surface area contributed by atoms with Crippen LogP contribution in [0.15, 0.2) is 17.1 Å². The molecular weight excluding hydrogens is 425 g/mol. The Balaban J connectivity index is 0.00000264. The lowest BCUT2D eigenvalue weighted by atomic mass is 9.84. The zero-order chi connectivity index (χ0) is 15.8. The predicted molar refractivity (Wildman–Crippen MR) is 107 cm³/mol. The van der Waals surface area contributed by atoms with Crippen molar-refractivity contribution in [2.24, 2.45) is 10.4 Å². The largest absolute Gasteiger partial charge is 0.396 e. The first kappa shape index (κ1) is 20.7. The molecule has 0 radical (unpaired) electrons. The molecule has 1 aromatic rings. The summed E-state index contributed by atoms with van der Waals surface area (Å²) in [6, 6.07) is 4.35. The van der Waals surface area contributed by atoms with E-state index < -0.39 is 0 Å². The van der Waals surface area contributed by atoms with Gasteiger partial charge in [-0.25, -0.2) is 0 Å². The molecule has 1 saturated heterocycles. The van der Waals surface area contributed by atoms with Crippen molar-refractivity contribution in [3.05, 3.63) is 21.9 Å². The lowest BCUT2D eigenvalue weighted by Crippen LogP contribution is -2.44. The Labute approximate surface area is 159 Å². The minimum absolute atomic E-state index is 0. The first-order valence-electron chi connectivity index (χ1n) is 7.92. The van der Waals surface area contributed by atoms with Gasteiger partial charge in [0.2, 0.25) is 0 Å². The lowest BCUT2D eigenvalue weighted by Gasteiger charge is -2.27. The molecule has 1 atom stereocenters. The SMILES string of the molecule is CCc1ccc(CNC(=NC)NCC2(CCO)CCOC2)s1.I. The monoisotopic (exact) mass is 453 g/mol. The Morgan fingerprint density at radius 1 is 1.39 bits per heavy atom. The maximum absolute atomic E-state index is 9.26. The van der Waals surface area contributed by atoms with Crippen molar-refractivity contribution in [3.63, 3.8) is 0 Å². The molecule has 1 unspecified atom stereocenters. The molecule has 3 N–H and O–H groups in total. The second kappa shape index (κ2) is 10.5. The number of nitrogens with zero attached hydrogens (tertiary/aromatic N) is 1. The Kier molecular flexibility index (Phi) is 9.41. The van der Waals surface area contributed by atoms with Crippen LogP contribution >= 0.6 is 35.3 Å². The van der Waals surface area contributed by atoms with Crippen LogP contribution in [0.3, 0.4) is 0 Å². The van der Waals surface area contributed by atoms with Crippen molar-refractivity contribution >= 4 is 41.3 Å². The van der Waals surface area contributed by atoms with E-state index in [0.29, 0.717) is 6.61 Å². The number of hydrogen-bond acceptors (Lipinski definition) is 4. The Hall–Kier alpha value is -0.380. The van der Waals surface area contributed by atoms with Crippen molar-refractivity contribution in [1.82, 2.24) is 10.6 Å². The summed E-state index contributed by atoms with van der Waals surface area (Å²) >= 11 is 1.84. The summed E-state index contributed by atoms with van der Waals surface area (Å²) in [5.41, 5.74) is 0.0324. The molecular formula is C16H28IN3O2S. The van der Waals surface area contributed by atoms with Gasteiger partial charge in [0.15, 0.2) is 5.96 Å². The first-order valence-corrected chi connectivity index (χ1v) is 8.74. The van der Waals surface area contributed by atoms with E-state index in [9.17, 15) is 5.11 Å². The molecule has 2 rings (SSSR count). The van der Waals surface area contributed by atoms with Gasteiger partial charge in [-0.05, 0) is 31.4 Å². The molecule has 1 aliphatic rings. The zero-order valence-corrected chi connectivity index (χ0v) is 17.1. The zero-order valence-electron chi connectivity index (χ0n) is 13.9. The van der Waals surface area contributed by atoms with E-state index in [-0.39, 0.29) is 36.0 Å². The fraction of sp³-hybridized carbons (Fsp3) is 0.688. The van der Waals surface area contributed by atoms with Crippen LogP contribution < -0.4 is 10.6 Å². The molecule has 132 valence electrons. The Morgan fingerprint density at radius 3 is 2.74 bits per heavy atom. The van der Waals surface area contributed by atoms with Crippen LogP contribution in [0.5, 0.6) is 0 Å². The van der Waals surface area contributed by atoms with Gasteiger partial charge >= 0.3 is 0 Å². The van der Waals surface area contributed by atoms with Crippen molar-refractivity contribution in [1.29, 1.82) is 0 Å². The summed E-state index contributed by atoms with van der Waals surface area (Å²) in [7, 11) is 1.78. The van der Waals surface area contributed by atoms with Crippen molar-refractivity contribution in [3.8, 4) is 0 Å². The molecule has 7 heteroatoms. The van der Waals surface area contributed by atoms with E-state index in [0.717, 1.165) is 44.9 Å². The number of aliphatic hydroxyl groups excluding tert-OH is 1. The van der Waals surface area contributed by atoms with Gasteiger partial charge in [-0.15, -0.1) is 35.3 Å². The van der Waals surface area contributed by atoms with Crippen molar-refractivity contribution < 1.29 is 9.84 Å². The summed E-state index contributed by atoms with van der Waals surface area (Å²) in [5.74, 6) is 0.802. The second-order valence-electron chi connectivity index (χ2n) is 5.78. The number of halogens is 1. The maximum atomic E-state index is 9.26. The van der Waals surface area contributed by atoms with E-state index in [2.05, 4.69) is 34.7 Å². The summed E-state index contributed by atoms with van der Waals surface area (Å²) in [6.45, 7) is 5.43. The van der Waals surface area contributed by atoms with E-state index in [1.807, 2.05) is 11.3 Å². The van der Waals surface area contributed by atoms with Gasteiger partial charge in [0.05, 0.1) is 13.2 Å². The van der Waals surface area contributed by atoms with Crippen LogP contribution in [0.2, 0.25) is 0 Å². The molecule has 1 fully saturated rings. The van der Waals surface area contributed by atoms with Crippen LogP contribution in [0.25, 0.3) is 0 Å². The highest BCUT2D eigenvalue weighted by molar-refractivity contribution is 14.0. The van der Waals surface area contributed by atoms with Crippen molar-refractivity contribution in [2.75, 3.05) is 33.4 Å². The average molecular weight is 453 g/mol. The van der Waals surface area contributed by atoms with Gasteiger partial charge in [0.25, 0.3) is 0 Å². The summed E-state index contributed by atoms with van der Waals surface area (Å²) < 4.78 is 5.51. The molecule has 5 nitrogen and oxygen atoms in total.